The van der Waals surface area contributed by atoms with Gasteiger partial charge < -0.3 is 9.73 Å². The fourth-order valence-electron chi connectivity index (χ4n) is 1.98. The summed E-state index contributed by atoms with van der Waals surface area (Å²) < 4.78 is 5.54. The van der Waals surface area contributed by atoms with Crippen LogP contribution in [0.15, 0.2) is 64.2 Å². The van der Waals surface area contributed by atoms with E-state index in [0.717, 1.165) is 11.1 Å². The highest BCUT2D eigenvalue weighted by Crippen LogP contribution is 2.22. The molecule has 0 saturated heterocycles. The van der Waals surface area contributed by atoms with Crippen LogP contribution in [0.4, 0.5) is 0 Å². The molecule has 0 unspecified atom stereocenters. The van der Waals surface area contributed by atoms with Gasteiger partial charge in [-0.3, -0.25) is 4.79 Å². The number of halogens is 1. The van der Waals surface area contributed by atoms with Crippen molar-refractivity contribution in [1.82, 2.24) is 15.5 Å². The molecule has 1 aromatic heterocycles. The van der Waals surface area contributed by atoms with Gasteiger partial charge in [-0.25, -0.2) is 0 Å². The first-order valence-electron chi connectivity index (χ1n) is 7.24. The molecule has 0 aliphatic carbocycles. The summed E-state index contributed by atoms with van der Waals surface area (Å²) in [4.78, 5) is 11.9. The number of benzene rings is 2. The minimum atomic E-state index is -0.126. The smallest absolute Gasteiger partial charge is 0.277 e. The summed E-state index contributed by atoms with van der Waals surface area (Å²) in [6.45, 7) is 0.387. The predicted molar refractivity (Wildman–Crippen MR) is 93.8 cm³/mol. The average Bonchev–Trinajstić information content (AvgIpc) is 3.09. The average molecular weight is 360 g/mol. The van der Waals surface area contributed by atoms with E-state index in [0.29, 0.717) is 22.7 Å². The Kier molecular flexibility index (Phi) is 5.51. The Morgan fingerprint density at radius 1 is 1.08 bits per heavy atom. The zero-order chi connectivity index (χ0) is 16.8. The second-order valence-corrected chi connectivity index (χ2v) is 6.23. The van der Waals surface area contributed by atoms with Crippen LogP contribution >= 0.6 is 23.4 Å². The van der Waals surface area contributed by atoms with Crippen molar-refractivity contribution in [3.8, 4) is 11.5 Å². The van der Waals surface area contributed by atoms with Crippen molar-refractivity contribution >= 4 is 29.3 Å². The fraction of sp³-hybridized carbons (Fsp3) is 0.118. The van der Waals surface area contributed by atoms with E-state index < -0.39 is 0 Å². The highest BCUT2D eigenvalue weighted by Gasteiger charge is 2.11. The van der Waals surface area contributed by atoms with Crippen LogP contribution in [-0.4, -0.2) is 21.9 Å². The van der Waals surface area contributed by atoms with Gasteiger partial charge in [0, 0.05) is 17.1 Å². The van der Waals surface area contributed by atoms with Crippen LogP contribution in [-0.2, 0) is 11.3 Å². The third kappa shape index (κ3) is 4.37. The van der Waals surface area contributed by atoms with E-state index in [1.54, 1.807) is 6.07 Å². The first-order chi connectivity index (χ1) is 11.7. The van der Waals surface area contributed by atoms with E-state index in [1.807, 2.05) is 48.5 Å². The first kappa shape index (κ1) is 16.5. The van der Waals surface area contributed by atoms with E-state index in [4.69, 9.17) is 16.0 Å². The standard InChI is InChI=1S/C17H14ClN3O2S/c18-14-9-5-4-8-13(14)10-19-15(22)11-24-17-21-20-16(23-17)12-6-2-1-3-7-12/h1-9H,10-11H2,(H,19,22). The molecule has 3 aromatic rings. The Hall–Kier alpha value is -2.31. The van der Waals surface area contributed by atoms with Crippen LogP contribution in [0.5, 0.6) is 0 Å². The molecule has 0 aliphatic heterocycles. The van der Waals surface area contributed by atoms with Crippen LogP contribution in [0.1, 0.15) is 5.56 Å². The number of aromatic nitrogens is 2. The molecule has 3 rings (SSSR count). The van der Waals surface area contributed by atoms with Crippen molar-refractivity contribution in [3.63, 3.8) is 0 Å². The van der Waals surface area contributed by atoms with Crippen molar-refractivity contribution in [2.45, 2.75) is 11.8 Å². The van der Waals surface area contributed by atoms with Crippen molar-refractivity contribution in [1.29, 1.82) is 0 Å². The van der Waals surface area contributed by atoms with Crippen molar-refractivity contribution in [3.05, 3.63) is 65.2 Å². The summed E-state index contributed by atoms with van der Waals surface area (Å²) in [5.74, 6) is 0.509. The number of nitrogens with zero attached hydrogens (tertiary/aromatic N) is 2. The molecule has 0 fully saturated rings. The molecule has 0 radical (unpaired) electrons. The summed E-state index contributed by atoms with van der Waals surface area (Å²) in [5, 5.41) is 11.7. The topological polar surface area (TPSA) is 68.0 Å². The van der Waals surface area contributed by atoms with E-state index in [-0.39, 0.29) is 11.7 Å². The molecule has 1 heterocycles. The highest BCUT2D eigenvalue weighted by atomic mass is 35.5. The molecule has 0 bridgehead atoms. The zero-order valence-electron chi connectivity index (χ0n) is 12.6. The number of rotatable bonds is 6. The maximum atomic E-state index is 11.9. The maximum Gasteiger partial charge on any atom is 0.277 e. The second kappa shape index (κ2) is 7.99. The van der Waals surface area contributed by atoms with Gasteiger partial charge in [-0.05, 0) is 23.8 Å². The Morgan fingerprint density at radius 2 is 1.83 bits per heavy atom. The molecule has 7 heteroatoms. The third-order valence-corrected chi connectivity index (χ3v) is 4.37. The summed E-state index contributed by atoms with van der Waals surface area (Å²) in [6, 6.07) is 16.9. The quantitative estimate of drug-likeness (QED) is 0.678. The second-order valence-electron chi connectivity index (χ2n) is 4.90. The number of hydrogen-bond donors (Lipinski definition) is 1. The van der Waals surface area contributed by atoms with E-state index in [9.17, 15) is 4.79 Å². The zero-order valence-corrected chi connectivity index (χ0v) is 14.2. The number of amides is 1. The monoisotopic (exact) mass is 359 g/mol. The van der Waals surface area contributed by atoms with Crippen LogP contribution in [0.2, 0.25) is 5.02 Å². The number of carbonyl (C=O) groups is 1. The van der Waals surface area contributed by atoms with Gasteiger partial charge in [0.15, 0.2) is 0 Å². The Morgan fingerprint density at radius 3 is 2.62 bits per heavy atom. The Balaban J connectivity index is 1.50. The predicted octanol–water partition coefficient (Wildman–Crippen LogP) is 3.80. The SMILES string of the molecule is O=C(CSc1nnc(-c2ccccc2)o1)NCc1ccccc1Cl. The minimum Gasteiger partial charge on any atom is -0.411 e. The van der Waals surface area contributed by atoms with Gasteiger partial charge in [-0.2, -0.15) is 0 Å². The maximum absolute atomic E-state index is 11.9. The first-order valence-corrected chi connectivity index (χ1v) is 8.60. The molecule has 0 atom stereocenters. The molecular formula is C17H14ClN3O2S. The number of carbonyl (C=O) groups excluding carboxylic acids is 1. The molecule has 1 N–H and O–H groups in total. The third-order valence-electron chi connectivity index (χ3n) is 3.19. The van der Waals surface area contributed by atoms with E-state index >= 15 is 0 Å². The molecule has 24 heavy (non-hydrogen) atoms. The van der Waals surface area contributed by atoms with Gasteiger partial charge in [0.2, 0.25) is 11.8 Å². The number of nitrogens with one attached hydrogen (secondary N) is 1. The minimum absolute atomic E-state index is 0.126. The van der Waals surface area contributed by atoms with Gasteiger partial charge in [0.25, 0.3) is 5.22 Å². The lowest BCUT2D eigenvalue weighted by Gasteiger charge is -2.05. The van der Waals surface area contributed by atoms with Crippen molar-refractivity contribution in [2.24, 2.45) is 0 Å². The van der Waals surface area contributed by atoms with Crippen LogP contribution in [0.3, 0.4) is 0 Å². The van der Waals surface area contributed by atoms with Gasteiger partial charge in [0.1, 0.15) is 0 Å². The van der Waals surface area contributed by atoms with Gasteiger partial charge >= 0.3 is 0 Å². The molecular weight excluding hydrogens is 346 g/mol. The summed E-state index contributed by atoms with van der Waals surface area (Å²) >= 11 is 7.25. The Bertz CT molecular complexity index is 823. The highest BCUT2D eigenvalue weighted by molar-refractivity contribution is 7.99. The summed E-state index contributed by atoms with van der Waals surface area (Å²) in [5.41, 5.74) is 1.72. The van der Waals surface area contributed by atoms with E-state index in [1.165, 1.54) is 11.8 Å². The van der Waals surface area contributed by atoms with Gasteiger partial charge in [-0.1, -0.05) is 59.8 Å². The molecule has 0 aliphatic rings. The molecule has 5 nitrogen and oxygen atoms in total. The number of thioether (sulfide) groups is 1. The lowest BCUT2D eigenvalue weighted by atomic mass is 10.2. The lowest BCUT2D eigenvalue weighted by Crippen LogP contribution is -2.24. The molecule has 0 saturated carbocycles. The molecule has 2 aromatic carbocycles. The van der Waals surface area contributed by atoms with Crippen LogP contribution < -0.4 is 5.32 Å². The van der Waals surface area contributed by atoms with E-state index in [2.05, 4.69) is 15.5 Å². The molecule has 122 valence electrons. The number of hydrogen-bond acceptors (Lipinski definition) is 5. The molecule has 0 spiro atoms. The van der Waals surface area contributed by atoms with Gasteiger partial charge in [0.05, 0.1) is 5.75 Å². The van der Waals surface area contributed by atoms with Gasteiger partial charge in [-0.15, -0.1) is 10.2 Å². The summed E-state index contributed by atoms with van der Waals surface area (Å²) in [7, 11) is 0. The molecule has 1 amide bonds. The summed E-state index contributed by atoms with van der Waals surface area (Å²) in [6.07, 6.45) is 0. The largest absolute Gasteiger partial charge is 0.411 e. The lowest BCUT2D eigenvalue weighted by molar-refractivity contribution is -0.118. The van der Waals surface area contributed by atoms with Crippen molar-refractivity contribution < 1.29 is 9.21 Å². The van der Waals surface area contributed by atoms with Crippen LogP contribution in [0, 0.1) is 0 Å². The fourth-order valence-corrected chi connectivity index (χ4v) is 2.77. The normalized spacial score (nSPS) is 10.5. The Labute approximate surface area is 148 Å². The van der Waals surface area contributed by atoms with Crippen LogP contribution in [0.25, 0.3) is 11.5 Å². The van der Waals surface area contributed by atoms with Crippen molar-refractivity contribution in [2.75, 3.05) is 5.75 Å².